The number of hydrogen-bond donors (Lipinski definition) is 1. The van der Waals surface area contributed by atoms with E-state index < -0.39 is 0 Å². The molecule has 0 bridgehead atoms. The number of nitrogens with zero attached hydrogens (tertiary/aromatic N) is 2. The average Bonchev–Trinajstić information content (AvgIpc) is 3.48. The van der Waals surface area contributed by atoms with Gasteiger partial charge in [-0.2, -0.15) is 0 Å². The molecule has 0 unspecified atom stereocenters. The van der Waals surface area contributed by atoms with Crippen molar-refractivity contribution in [3.05, 3.63) is 59.3 Å². The number of alkyl halides is 1. The molecular formula is C31H36ClN3O4. The summed E-state index contributed by atoms with van der Waals surface area (Å²) < 4.78 is 17.8. The molecule has 2 heterocycles. The van der Waals surface area contributed by atoms with E-state index in [2.05, 4.69) is 28.9 Å². The standard InChI is InChI=1S/C31H36ClN3O4/c1-18(2)39-26-15-25-30(29-19(3)8-7-9-22(26)29)21(16-32)17-35(25)31(36)24-12-20-13-28(38-11-10-34(4)5)27(37-6)14-23(20)33-24/h7-9,12-15,18,21,33H,10-11,16-17H2,1-6H3/t21-/m1/s1. The van der Waals surface area contributed by atoms with Gasteiger partial charge in [0.05, 0.1) is 18.9 Å². The highest BCUT2D eigenvalue weighted by molar-refractivity contribution is 6.19. The third kappa shape index (κ3) is 5.13. The Balaban J connectivity index is 1.56. The molecule has 3 aromatic carbocycles. The van der Waals surface area contributed by atoms with Gasteiger partial charge in [-0.3, -0.25) is 4.79 Å². The second kappa shape index (κ2) is 11.0. The van der Waals surface area contributed by atoms with E-state index in [4.69, 9.17) is 25.8 Å². The number of nitrogens with one attached hydrogen (secondary N) is 1. The van der Waals surface area contributed by atoms with Gasteiger partial charge in [0, 0.05) is 53.3 Å². The van der Waals surface area contributed by atoms with Crippen molar-refractivity contribution in [1.82, 2.24) is 9.88 Å². The predicted molar refractivity (Wildman–Crippen MR) is 158 cm³/mol. The Morgan fingerprint density at radius 1 is 1.15 bits per heavy atom. The van der Waals surface area contributed by atoms with E-state index in [0.717, 1.165) is 50.8 Å². The number of ether oxygens (including phenoxy) is 3. The molecule has 0 radical (unpaired) electrons. The van der Waals surface area contributed by atoms with Crippen LogP contribution in [-0.2, 0) is 0 Å². The van der Waals surface area contributed by atoms with Crippen LogP contribution in [0.15, 0.2) is 42.5 Å². The van der Waals surface area contributed by atoms with Gasteiger partial charge < -0.3 is 29.0 Å². The van der Waals surface area contributed by atoms with Crippen molar-refractivity contribution in [3.8, 4) is 17.2 Å². The smallest absolute Gasteiger partial charge is 0.274 e. The Morgan fingerprint density at radius 2 is 1.95 bits per heavy atom. The fourth-order valence-electron chi connectivity index (χ4n) is 5.37. The number of aromatic nitrogens is 1. The van der Waals surface area contributed by atoms with Crippen molar-refractivity contribution in [2.45, 2.75) is 32.8 Å². The zero-order chi connectivity index (χ0) is 27.8. The van der Waals surface area contributed by atoms with Crippen LogP contribution in [0.5, 0.6) is 17.2 Å². The fraction of sp³-hybridized carbons (Fsp3) is 0.387. The molecule has 8 heteroatoms. The molecule has 7 nitrogen and oxygen atoms in total. The summed E-state index contributed by atoms with van der Waals surface area (Å²) in [6.45, 7) is 7.94. The maximum atomic E-state index is 14.0. The highest BCUT2D eigenvalue weighted by Gasteiger charge is 2.36. The van der Waals surface area contributed by atoms with Gasteiger partial charge in [0.15, 0.2) is 11.5 Å². The van der Waals surface area contributed by atoms with Gasteiger partial charge >= 0.3 is 0 Å². The summed E-state index contributed by atoms with van der Waals surface area (Å²) in [5.74, 6) is 2.36. The number of carbonyl (C=O) groups is 1. The number of fused-ring (bicyclic) bond motifs is 4. The lowest BCUT2D eigenvalue weighted by molar-refractivity contribution is 0.0984. The van der Waals surface area contributed by atoms with Crippen molar-refractivity contribution in [3.63, 3.8) is 0 Å². The zero-order valence-corrected chi connectivity index (χ0v) is 24.2. The van der Waals surface area contributed by atoms with Crippen LogP contribution in [0.2, 0.25) is 0 Å². The summed E-state index contributed by atoms with van der Waals surface area (Å²) in [6.07, 6.45) is -0.000956. The van der Waals surface area contributed by atoms with Crippen LogP contribution in [-0.4, -0.2) is 68.7 Å². The van der Waals surface area contributed by atoms with E-state index in [1.54, 1.807) is 7.11 Å². The molecule has 1 amide bonds. The summed E-state index contributed by atoms with van der Waals surface area (Å²) in [6, 6.07) is 13.9. The molecule has 206 valence electrons. The molecular weight excluding hydrogens is 514 g/mol. The van der Waals surface area contributed by atoms with Crippen LogP contribution in [0, 0.1) is 6.92 Å². The molecule has 0 saturated heterocycles. The molecule has 39 heavy (non-hydrogen) atoms. The van der Waals surface area contributed by atoms with Crippen LogP contribution in [0.1, 0.15) is 41.4 Å². The number of anilines is 1. The SMILES string of the molecule is COc1cc2[nH]c(C(=O)N3C[C@@H](CCl)c4c3cc(OC(C)C)c3cccc(C)c43)cc2cc1OCCN(C)C. The first kappa shape index (κ1) is 27.2. The number of halogens is 1. The van der Waals surface area contributed by atoms with E-state index in [-0.39, 0.29) is 17.9 Å². The van der Waals surface area contributed by atoms with Gasteiger partial charge in [-0.15, -0.1) is 11.6 Å². The second-order valence-electron chi connectivity index (χ2n) is 10.7. The first-order valence-electron chi connectivity index (χ1n) is 13.3. The topological polar surface area (TPSA) is 67.0 Å². The number of amides is 1. The van der Waals surface area contributed by atoms with Gasteiger partial charge in [-0.1, -0.05) is 18.2 Å². The monoisotopic (exact) mass is 549 g/mol. The first-order chi connectivity index (χ1) is 18.7. The molecule has 5 rings (SSSR count). The minimum atomic E-state index is -0.113. The molecule has 1 aromatic heterocycles. The van der Waals surface area contributed by atoms with Crippen LogP contribution >= 0.6 is 11.6 Å². The number of benzene rings is 3. The quantitative estimate of drug-likeness (QED) is 0.246. The molecule has 1 N–H and O–H groups in total. The zero-order valence-electron chi connectivity index (χ0n) is 23.4. The van der Waals surface area contributed by atoms with E-state index in [1.165, 1.54) is 0 Å². The lowest BCUT2D eigenvalue weighted by Gasteiger charge is -2.20. The molecule has 1 aliphatic rings. The van der Waals surface area contributed by atoms with Gasteiger partial charge in [-0.05, 0) is 63.5 Å². The van der Waals surface area contributed by atoms with Crippen LogP contribution in [0.25, 0.3) is 21.7 Å². The number of likely N-dealkylation sites (N-methyl/N-ethyl adjacent to an activating group) is 1. The number of carbonyl (C=O) groups excluding carboxylic acids is 1. The highest BCUT2D eigenvalue weighted by Crippen LogP contribution is 2.47. The number of aromatic amines is 1. The minimum Gasteiger partial charge on any atom is -0.493 e. The van der Waals surface area contributed by atoms with Crippen molar-refractivity contribution >= 4 is 44.9 Å². The number of hydrogen-bond acceptors (Lipinski definition) is 5. The van der Waals surface area contributed by atoms with Crippen LogP contribution in [0.4, 0.5) is 5.69 Å². The van der Waals surface area contributed by atoms with Crippen molar-refractivity contribution in [2.75, 3.05) is 51.7 Å². The number of rotatable bonds is 9. The number of H-pyrrole nitrogens is 1. The Kier molecular flexibility index (Phi) is 7.65. The molecule has 0 aliphatic carbocycles. The van der Waals surface area contributed by atoms with E-state index in [0.29, 0.717) is 36.2 Å². The van der Waals surface area contributed by atoms with Gasteiger partial charge in [0.25, 0.3) is 5.91 Å². The lowest BCUT2D eigenvalue weighted by Crippen LogP contribution is -2.30. The Bertz CT molecular complexity index is 1530. The minimum absolute atomic E-state index is 0.000956. The number of methoxy groups -OCH3 is 1. The summed E-state index contributed by atoms with van der Waals surface area (Å²) in [7, 11) is 5.62. The van der Waals surface area contributed by atoms with Crippen LogP contribution in [0.3, 0.4) is 0 Å². The highest BCUT2D eigenvalue weighted by atomic mass is 35.5. The molecule has 0 spiro atoms. The van der Waals surface area contributed by atoms with E-state index in [9.17, 15) is 4.79 Å². The largest absolute Gasteiger partial charge is 0.493 e. The Morgan fingerprint density at radius 3 is 2.64 bits per heavy atom. The van der Waals surface area contributed by atoms with Gasteiger partial charge in [-0.25, -0.2) is 0 Å². The molecule has 1 atom stereocenters. The molecule has 0 saturated carbocycles. The third-order valence-electron chi connectivity index (χ3n) is 7.18. The van der Waals surface area contributed by atoms with E-state index >= 15 is 0 Å². The summed E-state index contributed by atoms with van der Waals surface area (Å²) in [5.41, 5.74) is 4.40. The van der Waals surface area contributed by atoms with Gasteiger partial charge in [0.2, 0.25) is 0 Å². The van der Waals surface area contributed by atoms with E-state index in [1.807, 2.05) is 63.2 Å². The predicted octanol–water partition coefficient (Wildman–Crippen LogP) is 6.35. The normalized spacial score (nSPS) is 15.0. The van der Waals surface area contributed by atoms with Crippen molar-refractivity contribution in [2.24, 2.45) is 0 Å². The second-order valence-corrected chi connectivity index (χ2v) is 11.0. The Labute approximate surface area is 234 Å². The summed E-state index contributed by atoms with van der Waals surface area (Å²) in [4.78, 5) is 21.2. The molecule has 4 aromatic rings. The van der Waals surface area contributed by atoms with Crippen LogP contribution < -0.4 is 19.1 Å². The average molecular weight is 550 g/mol. The number of aryl methyl sites for hydroxylation is 1. The maximum absolute atomic E-state index is 14.0. The lowest BCUT2D eigenvalue weighted by atomic mass is 9.92. The Hall–Kier alpha value is -3.42. The third-order valence-corrected chi connectivity index (χ3v) is 7.55. The van der Waals surface area contributed by atoms with Gasteiger partial charge in [0.1, 0.15) is 18.1 Å². The van der Waals surface area contributed by atoms with Crippen molar-refractivity contribution < 1.29 is 19.0 Å². The summed E-state index contributed by atoms with van der Waals surface area (Å²) >= 11 is 6.50. The maximum Gasteiger partial charge on any atom is 0.274 e. The molecule has 1 aliphatic heterocycles. The fourth-order valence-corrected chi connectivity index (χ4v) is 5.62. The molecule has 0 fully saturated rings. The van der Waals surface area contributed by atoms with Crippen molar-refractivity contribution in [1.29, 1.82) is 0 Å². The first-order valence-corrected chi connectivity index (χ1v) is 13.8. The summed E-state index contributed by atoms with van der Waals surface area (Å²) in [5, 5.41) is 3.05.